The Bertz CT molecular complexity index is 1120. The van der Waals surface area contributed by atoms with E-state index in [9.17, 15) is 14.4 Å². The van der Waals surface area contributed by atoms with Crippen LogP contribution < -0.4 is 10.6 Å². The van der Waals surface area contributed by atoms with Gasteiger partial charge in [-0.25, -0.2) is 0 Å². The monoisotopic (exact) mass is 482 g/mol. The molecule has 0 aliphatic carbocycles. The number of anilines is 2. The molecule has 0 aromatic heterocycles. The van der Waals surface area contributed by atoms with Crippen LogP contribution in [0.3, 0.4) is 0 Å². The van der Waals surface area contributed by atoms with Crippen molar-refractivity contribution in [3.8, 4) is 0 Å². The number of rotatable bonds is 9. The molecule has 0 atom stereocenters. The number of carbonyl (C=O) groups excluding carboxylic acids is 3. The predicted octanol–water partition coefficient (Wildman–Crippen LogP) is 5.70. The highest BCUT2D eigenvalue weighted by molar-refractivity contribution is 7.99. The summed E-state index contributed by atoms with van der Waals surface area (Å²) in [6, 6.07) is 22.2. The highest BCUT2D eigenvalue weighted by Crippen LogP contribution is 2.29. The van der Waals surface area contributed by atoms with Crippen LogP contribution in [0, 0.1) is 6.92 Å². The lowest BCUT2D eigenvalue weighted by Crippen LogP contribution is -2.22. The molecule has 3 rings (SSSR count). The zero-order valence-corrected chi connectivity index (χ0v) is 19.5. The zero-order chi connectivity index (χ0) is 23.6. The molecule has 33 heavy (non-hydrogen) atoms. The summed E-state index contributed by atoms with van der Waals surface area (Å²) < 4.78 is 4.95. The van der Waals surface area contributed by atoms with Gasteiger partial charge < -0.3 is 15.4 Å². The van der Waals surface area contributed by atoms with Crippen LogP contribution in [0.1, 0.15) is 18.4 Å². The van der Waals surface area contributed by atoms with E-state index in [0.29, 0.717) is 16.4 Å². The molecule has 170 valence electrons. The van der Waals surface area contributed by atoms with E-state index in [-0.39, 0.29) is 18.7 Å². The first-order valence-electron chi connectivity index (χ1n) is 10.2. The summed E-state index contributed by atoms with van der Waals surface area (Å²) in [5, 5.41) is 6.12. The third-order valence-electron chi connectivity index (χ3n) is 4.53. The average molecular weight is 483 g/mol. The Morgan fingerprint density at radius 3 is 2.12 bits per heavy atom. The minimum atomic E-state index is -0.611. The van der Waals surface area contributed by atoms with E-state index in [1.54, 1.807) is 36.0 Å². The smallest absolute Gasteiger partial charge is 0.306 e. The van der Waals surface area contributed by atoms with Crippen LogP contribution in [-0.4, -0.2) is 24.4 Å². The van der Waals surface area contributed by atoms with E-state index in [2.05, 4.69) is 10.6 Å². The van der Waals surface area contributed by atoms with Crippen LogP contribution in [0.4, 0.5) is 11.4 Å². The third kappa shape index (κ3) is 8.29. The van der Waals surface area contributed by atoms with Gasteiger partial charge in [0.25, 0.3) is 5.91 Å². The van der Waals surface area contributed by atoms with Gasteiger partial charge in [0.05, 0.1) is 6.42 Å². The fourth-order valence-corrected chi connectivity index (χ4v) is 3.74. The van der Waals surface area contributed by atoms with Crippen molar-refractivity contribution in [2.75, 3.05) is 17.2 Å². The summed E-state index contributed by atoms with van der Waals surface area (Å²) in [5.74, 6) is -1.35. The maximum atomic E-state index is 12.1. The second-order valence-corrected chi connectivity index (χ2v) is 8.74. The van der Waals surface area contributed by atoms with Crippen molar-refractivity contribution in [2.24, 2.45) is 0 Å². The highest BCUT2D eigenvalue weighted by Gasteiger charge is 2.11. The second kappa shape index (κ2) is 12.1. The molecule has 0 aliphatic heterocycles. The van der Waals surface area contributed by atoms with E-state index in [4.69, 9.17) is 16.3 Å². The Labute approximate surface area is 201 Å². The number of hydrogen-bond acceptors (Lipinski definition) is 5. The fraction of sp³-hybridized carbons (Fsp3) is 0.160. The van der Waals surface area contributed by atoms with Crippen molar-refractivity contribution in [3.63, 3.8) is 0 Å². The third-order valence-corrected chi connectivity index (χ3v) is 5.79. The Morgan fingerprint density at radius 2 is 1.45 bits per heavy atom. The molecule has 0 unspecified atom stereocenters. The number of para-hydroxylation sites is 1. The molecule has 0 spiro atoms. The minimum Gasteiger partial charge on any atom is -0.456 e. The van der Waals surface area contributed by atoms with Gasteiger partial charge in [0, 0.05) is 32.6 Å². The highest BCUT2D eigenvalue weighted by atomic mass is 35.5. The van der Waals surface area contributed by atoms with Crippen molar-refractivity contribution in [1.82, 2.24) is 0 Å². The van der Waals surface area contributed by atoms with Crippen molar-refractivity contribution in [3.05, 3.63) is 83.4 Å². The van der Waals surface area contributed by atoms with Crippen LogP contribution in [0.15, 0.2) is 82.6 Å². The van der Waals surface area contributed by atoms with Crippen LogP contribution in [0.2, 0.25) is 5.02 Å². The molecule has 2 N–H and O–H groups in total. The molecule has 6 nitrogen and oxygen atoms in total. The molecule has 0 saturated carbocycles. The Balaban J connectivity index is 1.37. The number of ether oxygens (including phenoxy) is 1. The summed E-state index contributed by atoms with van der Waals surface area (Å²) in [7, 11) is 0. The molecular formula is C25H23ClN2O4S. The Morgan fingerprint density at radius 1 is 0.818 bits per heavy atom. The number of benzene rings is 3. The minimum absolute atomic E-state index is 0.0421. The lowest BCUT2D eigenvalue weighted by Gasteiger charge is -2.09. The molecule has 3 aromatic carbocycles. The topological polar surface area (TPSA) is 84.5 Å². The Kier molecular flexibility index (Phi) is 8.92. The first-order valence-corrected chi connectivity index (χ1v) is 11.4. The van der Waals surface area contributed by atoms with Crippen molar-refractivity contribution in [2.45, 2.75) is 29.6 Å². The maximum absolute atomic E-state index is 12.1. The second-order valence-electron chi connectivity index (χ2n) is 7.15. The molecule has 0 bridgehead atoms. The van der Waals surface area contributed by atoms with Gasteiger partial charge in [0.1, 0.15) is 0 Å². The van der Waals surface area contributed by atoms with Gasteiger partial charge in [-0.1, -0.05) is 41.6 Å². The molecule has 0 radical (unpaired) electrons. The van der Waals surface area contributed by atoms with Gasteiger partial charge >= 0.3 is 5.97 Å². The lowest BCUT2D eigenvalue weighted by atomic mass is 10.2. The SMILES string of the molecule is Cc1ccccc1NC(=O)COC(=O)CCC(=O)Nc1ccc(Sc2ccc(Cl)cc2)cc1. The number of carbonyl (C=O) groups is 3. The van der Waals surface area contributed by atoms with Gasteiger partial charge in [0.15, 0.2) is 6.61 Å². The fourth-order valence-electron chi connectivity index (χ4n) is 2.80. The van der Waals surface area contributed by atoms with Gasteiger partial charge in [0.2, 0.25) is 5.91 Å². The number of halogens is 1. The van der Waals surface area contributed by atoms with E-state index >= 15 is 0 Å². The summed E-state index contributed by atoms with van der Waals surface area (Å²) in [5.41, 5.74) is 2.20. The molecule has 0 aliphatic rings. The largest absolute Gasteiger partial charge is 0.456 e. The van der Waals surface area contributed by atoms with E-state index in [1.165, 1.54) is 0 Å². The van der Waals surface area contributed by atoms with Crippen LogP contribution in [0.5, 0.6) is 0 Å². The van der Waals surface area contributed by atoms with Crippen LogP contribution >= 0.6 is 23.4 Å². The number of hydrogen-bond donors (Lipinski definition) is 2. The first-order chi connectivity index (χ1) is 15.9. The van der Waals surface area contributed by atoms with Gasteiger partial charge in [-0.2, -0.15) is 0 Å². The molecule has 3 aromatic rings. The standard InChI is InChI=1S/C25H23ClN2O4S/c1-17-4-2-3-5-22(17)28-24(30)16-32-25(31)15-14-23(29)27-19-8-12-21(13-9-19)33-20-10-6-18(26)7-11-20/h2-13H,14-16H2,1H3,(H,27,29)(H,28,30). The van der Waals surface area contributed by atoms with Gasteiger partial charge in [-0.15, -0.1) is 0 Å². The number of esters is 1. The molecule has 0 heterocycles. The molecule has 8 heteroatoms. The van der Waals surface area contributed by atoms with Crippen molar-refractivity contribution in [1.29, 1.82) is 0 Å². The molecule has 0 saturated heterocycles. The molecule has 2 amide bonds. The summed E-state index contributed by atoms with van der Waals surface area (Å²) in [4.78, 5) is 38.0. The first kappa shape index (κ1) is 24.4. The number of aryl methyl sites for hydroxylation is 1. The van der Waals surface area contributed by atoms with E-state index < -0.39 is 18.5 Å². The molecule has 0 fully saturated rings. The predicted molar refractivity (Wildman–Crippen MR) is 131 cm³/mol. The molecular weight excluding hydrogens is 460 g/mol. The number of nitrogens with one attached hydrogen (secondary N) is 2. The van der Waals surface area contributed by atoms with Crippen molar-refractivity contribution >= 4 is 52.5 Å². The Hall–Kier alpha value is -3.29. The summed E-state index contributed by atoms with van der Waals surface area (Å²) in [6.45, 7) is 1.47. The zero-order valence-electron chi connectivity index (χ0n) is 18.0. The van der Waals surface area contributed by atoms with Gasteiger partial charge in [-0.3, -0.25) is 14.4 Å². The maximum Gasteiger partial charge on any atom is 0.306 e. The van der Waals surface area contributed by atoms with Gasteiger partial charge in [-0.05, 0) is 67.1 Å². The van der Waals surface area contributed by atoms with Crippen LogP contribution in [0.25, 0.3) is 0 Å². The quantitative estimate of drug-likeness (QED) is 0.382. The summed E-state index contributed by atoms with van der Waals surface area (Å²) >= 11 is 7.48. The summed E-state index contributed by atoms with van der Waals surface area (Å²) in [6.07, 6.45) is -0.159. The number of amides is 2. The lowest BCUT2D eigenvalue weighted by molar-refractivity contribution is -0.147. The average Bonchev–Trinajstić information content (AvgIpc) is 2.80. The van der Waals surface area contributed by atoms with Crippen LogP contribution in [-0.2, 0) is 19.1 Å². The van der Waals surface area contributed by atoms with E-state index in [0.717, 1.165) is 15.4 Å². The van der Waals surface area contributed by atoms with E-state index in [1.807, 2.05) is 55.5 Å². The van der Waals surface area contributed by atoms with Crippen molar-refractivity contribution < 1.29 is 19.1 Å². The normalized spacial score (nSPS) is 10.4.